The van der Waals surface area contributed by atoms with Crippen molar-refractivity contribution in [2.45, 2.75) is 31.1 Å². The predicted molar refractivity (Wildman–Crippen MR) is 135 cm³/mol. The van der Waals surface area contributed by atoms with Crippen LogP contribution in [-0.4, -0.2) is 18.2 Å². The van der Waals surface area contributed by atoms with Crippen molar-refractivity contribution in [3.8, 4) is 5.75 Å². The monoisotopic (exact) mass is 541 g/mol. The van der Waals surface area contributed by atoms with Crippen LogP contribution in [0.15, 0.2) is 94.2 Å². The molecule has 38 heavy (non-hydrogen) atoms. The van der Waals surface area contributed by atoms with E-state index in [1.165, 1.54) is 6.92 Å². The standard InChI is InChI=1S/C27H22F3N3O4S/c1-18-15-24(25(37-18)27(28,29)30)38(34,35)32-26-22-9-5-6-10-23(22)33(31-26)16-19-11-13-20(14-12-19)17-36-21-7-3-2-4-8-21/h2-15H,16-17H2,1H3,(H,31,32). The smallest absolute Gasteiger partial charge is 0.450 e. The summed E-state index contributed by atoms with van der Waals surface area (Å²) in [5.41, 5.74) is 2.47. The number of aryl methyl sites for hydroxylation is 1. The highest BCUT2D eigenvalue weighted by atomic mass is 32.2. The van der Waals surface area contributed by atoms with Crippen LogP contribution in [0.4, 0.5) is 19.0 Å². The fourth-order valence-electron chi connectivity index (χ4n) is 3.99. The number of furan rings is 1. The van der Waals surface area contributed by atoms with Crippen molar-refractivity contribution < 1.29 is 30.7 Å². The van der Waals surface area contributed by atoms with Crippen molar-refractivity contribution in [2.24, 2.45) is 0 Å². The molecule has 0 saturated carbocycles. The van der Waals surface area contributed by atoms with Crippen molar-refractivity contribution in [2.75, 3.05) is 4.72 Å². The van der Waals surface area contributed by atoms with Crippen LogP contribution in [0.1, 0.15) is 22.6 Å². The van der Waals surface area contributed by atoms with E-state index >= 15 is 0 Å². The fourth-order valence-corrected chi connectivity index (χ4v) is 5.23. The van der Waals surface area contributed by atoms with Crippen molar-refractivity contribution in [1.29, 1.82) is 0 Å². The number of benzene rings is 3. The number of aromatic nitrogens is 2. The second kappa shape index (κ2) is 9.90. The van der Waals surface area contributed by atoms with Gasteiger partial charge in [0.15, 0.2) is 5.82 Å². The van der Waals surface area contributed by atoms with Crippen LogP contribution in [0.2, 0.25) is 0 Å². The van der Waals surface area contributed by atoms with Crippen LogP contribution < -0.4 is 9.46 Å². The molecule has 0 saturated heterocycles. The first-order chi connectivity index (χ1) is 18.1. The number of rotatable bonds is 8. The van der Waals surface area contributed by atoms with Crippen molar-refractivity contribution >= 4 is 26.7 Å². The summed E-state index contributed by atoms with van der Waals surface area (Å²) in [6.07, 6.45) is -4.97. The van der Waals surface area contributed by atoms with Gasteiger partial charge in [-0.25, -0.2) is 8.42 Å². The number of nitrogens with zero attached hydrogens (tertiary/aromatic N) is 2. The Hall–Kier alpha value is -4.25. The molecule has 0 spiro atoms. The second-order valence-electron chi connectivity index (χ2n) is 8.60. The quantitative estimate of drug-likeness (QED) is 0.246. The first-order valence-corrected chi connectivity index (χ1v) is 13.0. The lowest BCUT2D eigenvalue weighted by molar-refractivity contribution is -0.155. The van der Waals surface area contributed by atoms with Gasteiger partial charge in [-0.3, -0.25) is 9.40 Å². The molecule has 0 amide bonds. The Morgan fingerprint density at radius 2 is 1.61 bits per heavy atom. The largest absolute Gasteiger partial charge is 0.489 e. The molecular formula is C27H22F3N3O4S. The molecule has 5 rings (SSSR count). The van der Waals surface area contributed by atoms with Gasteiger partial charge >= 0.3 is 6.18 Å². The minimum atomic E-state index is -4.97. The Morgan fingerprint density at radius 1 is 0.947 bits per heavy atom. The van der Waals surface area contributed by atoms with Gasteiger partial charge in [0.1, 0.15) is 23.0 Å². The number of para-hydroxylation sites is 2. The first-order valence-electron chi connectivity index (χ1n) is 11.5. The van der Waals surface area contributed by atoms with Gasteiger partial charge in [0.25, 0.3) is 10.0 Å². The molecule has 0 fully saturated rings. The normalized spacial score (nSPS) is 12.1. The zero-order valence-electron chi connectivity index (χ0n) is 20.1. The summed E-state index contributed by atoms with van der Waals surface area (Å²) in [6, 6.07) is 24.8. The molecule has 0 radical (unpaired) electrons. The summed E-state index contributed by atoms with van der Waals surface area (Å²) in [5, 5.41) is 4.82. The molecule has 0 atom stereocenters. The van der Waals surface area contributed by atoms with Crippen molar-refractivity contribution in [3.63, 3.8) is 0 Å². The molecule has 0 unspecified atom stereocenters. The van der Waals surface area contributed by atoms with E-state index < -0.39 is 26.9 Å². The molecule has 1 N–H and O–H groups in total. The number of anilines is 1. The Kier molecular flexibility index (Phi) is 6.62. The Morgan fingerprint density at radius 3 is 2.32 bits per heavy atom. The molecular weight excluding hydrogens is 519 g/mol. The molecule has 2 aromatic heterocycles. The minimum absolute atomic E-state index is 0.0829. The fraction of sp³-hybridized carbons (Fsp3) is 0.148. The average Bonchev–Trinajstić information content (AvgIpc) is 3.46. The van der Waals surface area contributed by atoms with Crippen LogP contribution in [0, 0.1) is 6.92 Å². The van der Waals surface area contributed by atoms with E-state index in [1.54, 1.807) is 28.9 Å². The lowest BCUT2D eigenvalue weighted by Crippen LogP contribution is -2.18. The topological polar surface area (TPSA) is 86.4 Å². The summed E-state index contributed by atoms with van der Waals surface area (Å²) < 4.78 is 80.3. The van der Waals surface area contributed by atoms with Gasteiger partial charge < -0.3 is 9.15 Å². The number of nitrogens with one attached hydrogen (secondary N) is 1. The molecule has 0 bridgehead atoms. The average molecular weight is 542 g/mol. The lowest BCUT2D eigenvalue weighted by atomic mass is 10.1. The zero-order valence-corrected chi connectivity index (χ0v) is 20.9. The van der Waals surface area contributed by atoms with Crippen LogP contribution in [-0.2, 0) is 29.4 Å². The SMILES string of the molecule is Cc1cc(S(=O)(=O)Nc2nn(Cc3ccc(COc4ccccc4)cc3)c3ccccc23)c(C(F)(F)F)o1. The lowest BCUT2D eigenvalue weighted by Gasteiger charge is -2.08. The third kappa shape index (κ3) is 5.37. The number of hydrogen-bond acceptors (Lipinski definition) is 5. The van der Waals surface area contributed by atoms with Gasteiger partial charge in [-0.15, -0.1) is 0 Å². The maximum absolute atomic E-state index is 13.4. The number of sulfonamides is 1. The highest BCUT2D eigenvalue weighted by Gasteiger charge is 2.42. The Labute approximate surface area is 216 Å². The van der Waals surface area contributed by atoms with Crippen LogP contribution in [0.5, 0.6) is 5.75 Å². The van der Waals surface area contributed by atoms with Crippen molar-refractivity contribution in [3.05, 3.63) is 108 Å². The van der Waals surface area contributed by atoms with E-state index in [4.69, 9.17) is 4.74 Å². The van der Waals surface area contributed by atoms with E-state index in [9.17, 15) is 21.6 Å². The molecule has 7 nitrogen and oxygen atoms in total. The number of fused-ring (bicyclic) bond motifs is 1. The zero-order chi connectivity index (χ0) is 26.9. The van der Waals surface area contributed by atoms with E-state index in [0.717, 1.165) is 22.9 Å². The Bertz CT molecular complexity index is 1680. The summed E-state index contributed by atoms with van der Waals surface area (Å²) in [6.45, 7) is 1.95. The number of ether oxygens (including phenoxy) is 1. The van der Waals surface area contributed by atoms with E-state index in [0.29, 0.717) is 24.1 Å². The Balaban J connectivity index is 1.38. The van der Waals surface area contributed by atoms with Crippen LogP contribution in [0.25, 0.3) is 10.9 Å². The van der Waals surface area contributed by atoms with E-state index in [1.807, 2.05) is 54.6 Å². The maximum atomic E-state index is 13.4. The minimum Gasteiger partial charge on any atom is -0.489 e. The predicted octanol–water partition coefficient (Wildman–Crippen LogP) is 6.38. The molecule has 0 aliphatic carbocycles. The van der Waals surface area contributed by atoms with Crippen LogP contribution >= 0.6 is 0 Å². The molecule has 2 heterocycles. The van der Waals surface area contributed by atoms with Gasteiger partial charge in [0, 0.05) is 11.5 Å². The van der Waals surface area contributed by atoms with Gasteiger partial charge in [0.05, 0.1) is 12.1 Å². The van der Waals surface area contributed by atoms with Gasteiger partial charge in [-0.05, 0) is 42.3 Å². The molecule has 0 aliphatic heterocycles. The maximum Gasteiger partial charge on any atom is 0.450 e. The summed E-state index contributed by atoms with van der Waals surface area (Å²) >= 11 is 0. The summed E-state index contributed by atoms with van der Waals surface area (Å²) in [4.78, 5) is -0.991. The highest BCUT2D eigenvalue weighted by Crippen LogP contribution is 2.37. The molecule has 11 heteroatoms. The summed E-state index contributed by atoms with van der Waals surface area (Å²) in [7, 11) is -4.65. The number of halogens is 3. The molecule has 3 aromatic carbocycles. The van der Waals surface area contributed by atoms with Crippen LogP contribution in [0.3, 0.4) is 0 Å². The first kappa shape index (κ1) is 25.4. The second-order valence-corrected chi connectivity index (χ2v) is 10.2. The van der Waals surface area contributed by atoms with Gasteiger partial charge in [-0.1, -0.05) is 54.6 Å². The van der Waals surface area contributed by atoms with Gasteiger partial charge in [0.2, 0.25) is 5.76 Å². The third-order valence-corrected chi connectivity index (χ3v) is 7.11. The third-order valence-electron chi connectivity index (χ3n) is 5.76. The number of alkyl halides is 3. The van der Waals surface area contributed by atoms with E-state index in [2.05, 4.69) is 14.2 Å². The molecule has 5 aromatic rings. The number of hydrogen-bond donors (Lipinski definition) is 1. The van der Waals surface area contributed by atoms with Gasteiger partial charge in [-0.2, -0.15) is 18.3 Å². The van der Waals surface area contributed by atoms with Crippen molar-refractivity contribution in [1.82, 2.24) is 9.78 Å². The molecule has 0 aliphatic rings. The van der Waals surface area contributed by atoms with E-state index in [-0.39, 0.29) is 11.6 Å². The molecule has 196 valence electrons. The highest BCUT2D eigenvalue weighted by molar-refractivity contribution is 7.92. The summed E-state index contributed by atoms with van der Waals surface area (Å²) in [5.74, 6) is -1.07.